The van der Waals surface area contributed by atoms with Gasteiger partial charge in [0.2, 0.25) is 5.91 Å². The molecule has 1 saturated carbocycles. The molecule has 1 saturated heterocycles. The molecule has 0 spiro atoms. The molecule has 6 nitrogen and oxygen atoms in total. The lowest BCUT2D eigenvalue weighted by Crippen LogP contribution is -2.47. The number of nitrogens with one attached hydrogen (secondary N) is 1. The van der Waals surface area contributed by atoms with Gasteiger partial charge in [0.1, 0.15) is 18.3 Å². The van der Waals surface area contributed by atoms with Crippen molar-refractivity contribution in [2.75, 3.05) is 37.6 Å². The minimum absolute atomic E-state index is 0.0539. The highest BCUT2D eigenvalue weighted by Gasteiger charge is 2.24. The molecule has 1 aromatic carbocycles. The van der Waals surface area contributed by atoms with E-state index in [9.17, 15) is 9.18 Å². The van der Waals surface area contributed by atoms with Crippen molar-refractivity contribution in [2.45, 2.75) is 44.6 Å². The van der Waals surface area contributed by atoms with E-state index in [1.165, 1.54) is 12.5 Å². The Hall–Kier alpha value is -2.64. The zero-order valence-electron chi connectivity index (χ0n) is 16.7. The number of benzene rings is 1. The van der Waals surface area contributed by atoms with E-state index in [0.717, 1.165) is 64.1 Å². The summed E-state index contributed by atoms with van der Waals surface area (Å²) in [5, 5.41) is 20.5. The molecule has 154 valence electrons. The summed E-state index contributed by atoms with van der Waals surface area (Å²) in [5.74, 6) is 0.0820. The van der Waals surface area contributed by atoms with Gasteiger partial charge >= 0.3 is 0 Å². The predicted molar refractivity (Wildman–Crippen MR) is 109 cm³/mol. The maximum absolute atomic E-state index is 13.5. The van der Waals surface area contributed by atoms with Gasteiger partial charge < -0.3 is 10.2 Å². The van der Waals surface area contributed by atoms with Gasteiger partial charge in [0, 0.05) is 37.9 Å². The van der Waals surface area contributed by atoms with Crippen LogP contribution >= 0.6 is 0 Å². The number of nitrogens with zero attached hydrogens (tertiary/aromatic N) is 4. The second-order valence-electron chi connectivity index (χ2n) is 8.01. The minimum atomic E-state index is -0.464. The van der Waals surface area contributed by atoms with Crippen molar-refractivity contribution < 1.29 is 9.18 Å². The van der Waals surface area contributed by atoms with Crippen LogP contribution in [0.2, 0.25) is 0 Å². The van der Waals surface area contributed by atoms with Gasteiger partial charge in [-0.3, -0.25) is 9.69 Å². The number of anilines is 1. The Morgan fingerprint density at radius 1 is 1.14 bits per heavy atom. The first-order valence-electron chi connectivity index (χ1n) is 10.4. The van der Waals surface area contributed by atoms with Crippen molar-refractivity contribution in [3.63, 3.8) is 0 Å². The molecule has 1 N–H and O–H groups in total. The van der Waals surface area contributed by atoms with Gasteiger partial charge in [-0.15, -0.1) is 0 Å². The molecule has 0 aromatic heterocycles. The molecule has 1 aliphatic carbocycles. The molecule has 1 aromatic rings. The molecule has 29 heavy (non-hydrogen) atoms. The van der Waals surface area contributed by atoms with Gasteiger partial charge in [-0.1, -0.05) is 0 Å². The van der Waals surface area contributed by atoms with Crippen molar-refractivity contribution in [3.05, 3.63) is 29.6 Å². The molecule has 1 amide bonds. The number of rotatable bonds is 6. The molecule has 0 radical (unpaired) electrons. The third kappa shape index (κ3) is 5.92. The first-order chi connectivity index (χ1) is 14.1. The Balaban J connectivity index is 1.36. The van der Waals surface area contributed by atoms with Gasteiger partial charge in [-0.2, -0.15) is 10.5 Å². The van der Waals surface area contributed by atoms with E-state index in [2.05, 4.69) is 15.1 Å². The number of carbonyl (C=O) groups is 1. The summed E-state index contributed by atoms with van der Waals surface area (Å²) < 4.78 is 13.5. The number of halogens is 1. The van der Waals surface area contributed by atoms with Crippen LogP contribution in [0.25, 0.3) is 0 Å². The van der Waals surface area contributed by atoms with Gasteiger partial charge in [0.25, 0.3) is 0 Å². The van der Waals surface area contributed by atoms with E-state index in [-0.39, 0.29) is 23.9 Å². The fourth-order valence-corrected chi connectivity index (χ4v) is 4.34. The molecule has 0 bridgehead atoms. The molecule has 1 aliphatic heterocycles. The summed E-state index contributed by atoms with van der Waals surface area (Å²) in [6, 6.07) is 8.79. The van der Waals surface area contributed by atoms with E-state index in [1.54, 1.807) is 12.1 Å². The Bertz CT molecular complexity index is 783. The van der Waals surface area contributed by atoms with Crippen LogP contribution in [-0.2, 0) is 4.79 Å². The number of hydrogen-bond donors (Lipinski definition) is 1. The highest BCUT2D eigenvalue weighted by atomic mass is 19.1. The summed E-state index contributed by atoms with van der Waals surface area (Å²) in [6.07, 6.45) is 5.38. The monoisotopic (exact) mass is 397 g/mol. The maximum Gasteiger partial charge on any atom is 0.234 e. The van der Waals surface area contributed by atoms with Crippen LogP contribution in [0, 0.1) is 34.4 Å². The molecular weight excluding hydrogens is 369 g/mol. The number of hydrogen-bond acceptors (Lipinski definition) is 5. The Labute approximate surface area is 171 Å². The summed E-state index contributed by atoms with van der Waals surface area (Å²) in [4.78, 5) is 16.2. The van der Waals surface area contributed by atoms with Crippen LogP contribution in [0.5, 0.6) is 0 Å². The highest BCUT2D eigenvalue weighted by molar-refractivity contribution is 5.78. The Morgan fingerprint density at radius 3 is 2.52 bits per heavy atom. The fraction of sp³-hybridized carbons (Fsp3) is 0.591. The summed E-state index contributed by atoms with van der Waals surface area (Å²) in [6.45, 7) is 4.79. The van der Waals surface area contributed by atoms with E-state index in [4.69, 9.17) is 10.5 Å². The largest absolute Gasteiger partial charge is 0.369 e. The van der Waals surface area contributed by atoms with E-state index >= 15 is 0 Å². The van der Waals surface area contributed by atoms with E-state index < -0.39 is 5.82 Å². The molecule has 2 fully saturated rings. The lowest BCUT2D eigenvalue weighted by Gasteiger charge is -2.37. The number of carbonyl (C=O) groups excluding carboxylic acids is 1. The molecule has 7 heteroatoms. The van der Waals surface area contributed by atoms with Crippen molar-refractivity contribution >= 4 is 11.6 Å². The second kappa shape index (κ2) is 10.2. The Kier molecular flexibility index (Phi) is 7.43. The topological polar surface area (TPSA) is 83.2 Å². The van der Waals surface area contributed by atoms with Crippen molar-refractivity contribution in [1.29, 1.82) is 10.5 Å². The van der Waals surface area contributed by atoms with E-state index in [0.29, 0.717) is 5.92 Å². The van der Waals surface area contributed by atoms with Crippen LogP contribution < -0.4 is 10.2 Å². The van der Waals surface area contributed by atoms with Crippen molar-refractivity contribution in [3.8, 4) is 12.1 Å². The fourth-order valence-electron chi connectivity index (χ4n) is 4.34. The molecule has 1 heterocycles. The second-order valence-corrected chi connectivity index (χ2v) is 8.01. The zero-order valence-corrected chi connectivity index (χ0v) is 16.7. The molecular formula is C22H28FN5O. The lowest BCUT2D eigenvalue weighted by atomic mass is 9.84. The molecule has 0 atom stereocenters. The third-order valence-corrected chi connectivity index (χ3v) is 6.11. The van der Waals surface area contributed by atoms with E-state index in [1.807, 2.05) is 12.1 Å². The van der Waals surface area contributed by atoms with Gasteiger partial charge in [-0.05, 0) is 62.8 Å². The van der Waals surface area contributed by atoms with Crippen molar-refractivity contribution in [2.24, 2.45) is 5.92 Å². The van der Waals surface area contributed by atoms with Gasteiger partial charge in [0.15, 0.2) is 0 Å². The third-order valence-electron chi connectivity index (χ3n) is 6.11. The molecule has 3 rings (SSSR count). The van der Waals surface area contributed by atoms with Crippen LogP contribution in [0.15, 0.2) is 18.2 Å². The number of amides is 1. The number of piperazine rings is 1. The predicted octanol–water partition coefficient (Wildman–Crippen LogP) is 2.80. The smallest absolute Gasteiger partial charge is 0.234 e. The van der Waals surface area contributed by atoms with Gasteiger partial charge in [-0.25, -0.2) is 4.39 Å². The van der Waals surface area contributed by atoms with Gasteiger partial charge in [0.05, 0.1) is 11.6 Å². The quantitative estimate of drug-likeness (QED) is 0.798. The highest BCUT2D eigenvalue weighted by Crippen LogP contribution is 2.27. The molecule has 0 unspecified atom stereocenters. The molecule has 2 aliphatic rings. The van der Waals surface area contributed by atoms with Crippen LogP contribution in [0.3, 0.4) is 0 Å². The average molecular weight is 397 g/mol. The van der Waals surface area contributed by atoms with Crippen LogP contribution in [0.4, 0.5) is 10.1 Å². The summed E-state index contributed by atoms with van der Waals surface area (Å²) in [7, 11) is 0. The summed E-state index contributed by atoms with van der Waals surface area (Å²) >= 11 is 0. The first-order valence-corrected chi connectivity index (χ1v) is 10.4. The normalized spacial score (nSPS) is 22.5. The van der Waals surface area contributed by atoms with Crippen molar-refractivity contribution in [1.82, 2.24) is 10.2 Å². The SMILES string of the molecule is N#CCC(=O)NC1CCC(CCN2CCN(c3ccc(F)c(C#N)c3)CC2)CC1. The summed E-state index contributed by atoms with van der Waals surface area (Å²) in [5.41, 5.74) is 1.02. The standard InChI is InChI=1S/C22H28FN5O/c23-21-6-5-20(15-18(21)16-25)28-13-11-27(12-14-28)10-8-17-1-3-19(4-2-17)26-22(29)7-9-24/h5-6,15,17,19H,1-4,7-8,10-14H2,(H,26,29). The minimum Gasteiger partial charge on any atom is -0.369 e. The Morgan fingerprint density at radius 2 is 1.86 bits per heavy atom. The number of nitriles is 2. The zero-order chi connectivity index (χ0) is 20.6. The maximum atomic E-state index is 13.5. The lowest BCUT2D eigenvalue weighted by molar-refractivity contribution is -0.121. The average Bonchev–Trinajstić information content (AvgIpc) is 2.74. The first kappa shape index (κ1) is 21.1. The van der Waals surface area contributed by atoms with Crippen LogP contribution in [-0.4, -0.2) is 49.6 Å². The van der Waals surface area contributed by atoms with Crippen LogP contribution in [0.1, 0.15) is 44.1 Å².